The lowest BCUT2D eigenvalue weighted by Crippen LogP contribution is -2.09. The molecule has 21 heavy (non-hydrogen) atoms. The molecule has 0 aliphatic carbocycles. The van der Waals surface area contributed by atoms with Crippen LogP contribution in [0.25, 0.3) is 0 Å². The van der Waals surface area contributed by atoms with E-state index in [4.69, 9.17) is 9.47 Å². The van der Waals surface area contributed by atoms with E-state index >= 15 is 0 Å². The highest BCUT2D eigenvalue weighted by Gasteiger charge is 2.14. The Kier molecular flexibility index (Phi) is 5.12. The first kappa shape index (κ1) is 15.7. The van der Waals surface area contributed by atoms with Gasteiger partial charge in [0.2, 0.25) is 0 Å². The Balaban J connectivity index is 2.28. The van der Waals surface area contributed by atoms with Crippen molar-refractivity contribution in [1.82, 2.24) is 0 Å². The Bertz CT molecular complexity index is 628. The van der Waals surface area contributed by atoms with Crippen LogP contribution in [0.1, 0.15) is 24.1 Å². The quantitative estimate of drug-likeness (QED) is 0.828. The standard InChI is InChI=1S/C17H20BrNO2/c1-11-6-5-7-15(17(11)18)19-12(2)14-9-8-13(20-3)10-16(14)21-4/h5-10,12,19H,1-4H3. The third kappa shape index (κ3) is 3.50. The van der Waals surface area contributed by atoms with Gasteiger partial charge in [0.05, 0.1) is 20.3 Å². The number of hydrogen-bond acceptors (Lipinski definition) is 3. The fourth-order valence-electron chi connectivity index (χ4n) is 2.25. The topological polar surface area (TPSA) is 30.5 Å². The Labute approximate surface area is 134 Å². The van der Waals surface area contributed by atoms with E-state index in [1.807, 2.05) is 24.3 Å². The van der Waals surface area contributed by atoms with Crippen molar-refractivity contribution in [2.45, 2.75) is 19.9 Å². The molecular formula is C17H20BrNO2. The van der Waals surface area contributed by atoms with E-state index in [9.17, 15) is 0 Å². The minimum Gasteiger partial charge on any atom is -0.497 e. The molecule has 2 rings (SSSR count). The molecule has 0 amide bonds. The summed E-state index contributed by atoms with van der Waals surface area (Å²) in [6.45, 7) is 4.19. The van der Waals surface area contributed by atoms with Crippen LogP contribution in [0, 0.1) is 6.92 Å². The Morgan fingerprint density at radius 2 is 1.86 bits per heavy atom. The molecule has 2 aromatic carbocycles. The van der Waals surface area contributed by atoms with Crippen molar-refractivity contribution in [1.29, 1.82) is 0 Å². The van der Waals surface area contributed by atoms with Crippen molar-refractivity contribution < 1.29 is 9.47 Å². The van der Waals surface area contributed by atoms with Gasteiger partial charge in [0.25, 0.3) is 0 Å². The average Bonchev–Trinajstić information content (AvgIpc) is 2.51. The molecule has 112 valence electrons. The van der Waals surface area contributed by atoms with Crippen molar-refractivity contribution in [2.24, 2.45) is 0 Å². The summed E-state index contributed by atoms with van der Waals surface area (Å²) in [5.74, 6) is 1.61. The predicted octanol–water partition coefficient (Wildman–Crippen LogP) is 4.95. The summed E-state index contributed by atoms with van der Waals surface area (Å²) < 4.78 is 11.8. The van der Waals surface area contributed by atoms with E-state index in [0.717, 1.165) is 27.2 Å². The fraction of sp³-hybridized carbons (Fsp3) is 0.294. The summed E-state index contributed by atoms with van der Waals surface area (Å²) in [7, 11) is 3.33. The van der Waals surface area contributed by atoms with Crippen LogP contribution in [0.3, 0.4) is 0 Å². The van der Waals surface area contributed by atoms with Crippen LogP contribution >= 0.6 is 15.9 Å². The van der Waals surface area contributed by atoms with Crippen LogP contribution in [0.4, 0.5) is 5.69 Å². The highest BCUT2D eigenvalue weighted by atomic mass is 79.9. The number of anilines is 1. The van der Waals surface area contributed by atoms with E-state index in [1.165, 1.54) is 5.56 Å². The van der Waals surface area contributed by atoms with Crippen LogP contribution in [0.2, 0.25) is 0 Å². The van der Waals surface area contributed by atoms with Gasteiger partial charge in [0, 0.05) is 21.8 Å². The average molecular weight is 350 g/mol. The van der Waals surface area contributed by atoms with Gasteiger partial charge >= 0.3 is 0 Å². The molecule has 1 atom stereocenters. The zero-order valence-corrected chi connectivity index (χ0v) is 14.3. The number of rotatable bonds is 5. The zero-order valence-electron chi connectivity index (χ0n) is 12.7. The predicted molar refractivity (Wildman–Crippen MR) is 90.5 cm³/mol. The zero-order chi connectivity index (χ0) is 15.4. The van der Waals surface area contributed by atoms with Gasteiger partial charge in [-0.15, -0.1) is 0 Å². The van der Waals surface area contributed by atoms with Crippen LogP contribution in [-0.4, -0.2) is 14.2 Å². The smallest absolute Gasteiger partial charge is 0.127 e. The number of benzene rings is 2. The second-order valence-electron chi connectivity index (χ2n) is 4.91. The third-order valence-electron chi connectivity index (χ3n) is 3.47. The SMILES string of the molecule is COc1ccc(C(C)Nc2cccc(C)c2Br)c(OC)c1. The highest BCUT2D eigenvalue weighted by molar-refractivity contribution is 9.10. The van der Waals surface area contributed by atoms with Gasteiger partial charge in [0.1, 0.15) is 11.5 Å². The van der Waals surface area contributed by atoms with Crippen molar-refractivity contribution >= 4 is 21.6 Å². The lowest BCUT2D eigenvalue weighted by molar-refractivity contribution is 0.390. The Morgan fingerprint density at radius 1 is 1.10 bits per heavy atom. The van der Waals surface area contributed by atoms with Gasteiger partial charge < -0.3 is 14.8 Å². The monoisotopic (exact) mass is 349 g/mol. The molecule has 1 N–H and O–H groups in total. The molecule has 0 aliphatic heterocycles. The summed E-state index contributed by atoms with van der Waals surface area (Å²) in [6, 6.07) is 12.2. The molecule has 0 bridgehead atoms. The van der Waals surface area contributed by atoms with Gasteiger partial charge in [-0.25, -0.2) is 0 Å². The van der Waals surface area contributed by atoms with Crippen LogP contribution in [0.5, 0.6) is 11.5 Å². The summed E-state index contributed by atoms with van der Waals surface area (Å²) >= 11 is 3.63. The van der Waals surface area contributed by atoms with E-state index in [1.54, 1.807) is 14.2 Å². The Morgan fingerprint density at radius 3 is 2.52 bits per heavy atom. The molecule has 0 radical (unpaired) electrons. The minimum atomic E-state index is 0.115. The molecule has 2 aromatic rings. The van der Waals surface area contributed by atoms with Crippen molar-refractivity contribution in [3.8, 4) is 11.5 Å². The van der Waals surface area contributed by atoms with Crippen LogP contribution < -0.4 is 14.8 Å². The molecule has 0 aromatic heterocycles. The van der Waals surface area contributed by atoms with E-state index in [2.05, 4.69) is 47.2 Å². The maximum Gasteiger partial charge on any atom is 0.127 e. The molecule has 0 spiro atoms. The number of ether oxygens (including phenoxy) is 2. The Hall–Kier alpha value is -1.68. The maximum atomic E-state index is 5.47. The second-order valence-corrected chi connectivity index (χ2v) is 5.70. The normalized spacial score (nSPS) is 11.9. The molecule has 0 fully saturated rings. The van der Waals surface area contributed by atoms with E-state index < -0.39 is 0 Å². The van der Waals surface area contributed by atoms with Crippen LogP contribution in [0.15, 0.2) is 40.9 Å². The molecule has 0 heterocycles. The number of hydrogen-bond donors (Lipinski definition) is 1. The lowest BCUT2D eigenvalue weighted by Gasteiger charge is -2.20. The first-order valence-electron chi connectivity index (χ1n) is 6.80. The van der Waals surface area contributed by atoms with Crippen molar-refractivity contribution in [2.75, 3.05) is 19.5 Å². The molecular weight excluding hydrogens is 330 g/mol. The molecule has 4 heteroatoms. The first-order valence-corrected chi connectivity index (χ1v) is 7.59. The summed E-state index contributed by atoms with van der Waals surface area (Å²) in [5.41, 5.74) is 3.36. The minimum absolute atomic E-state index is 0.115. The van der Waals surface area contributed by atoms with E-state index in [-0.39, 0.29) is 6.04 Å². The summed E-state index contributed by atoms with van der Waals surface area (Å²) in [4.78, 5) is 0. The van der Waals surface area contributed by atoms with Gasteiger partial charge in [-0.3, -0.25) is 0 Å². The molecule has 3 nitrogen and oxygen atoms in total. The van der Waals surface area contributed by atoms with Gasteiger partial charge in [-0.1, -0.05) is 12.1 Å². The first-order chi connectivity index (χ1) is 10.1. The largest absolute Gasteiger partial charge is 0.497 e. The van der Waals surface area contributed by atoms with Gasteiger partial charge in [-0.2, -0.15) is 0 Å². The van der Waals surface area contributed by atoms with Crippen molar-refractivity contribution in [3.63, 3.8) is 0 Å². The number of aryl methyl sites for hydroxylation is 1. The molecule has 0 saturated carbocycles. The van der Waals surface area contributed by atoms with Crippen LogP contribution in [-0.2, 0) is 0 Å². The van der Waals surface area contributed by atoms with E-state index in [0.29, 0.717) is 0 Å². The third-order valence-corrected chi connectivity index (χ3v) is 4.52. The molecule has 0 aliphatic rings. The highest BCUT2D eigenvalue weighted by Crippen LogP contribution is 2.33. The lowest BCUT2D eigenvalue weighted by atomic mass is 10.1. The molecule has 1 unspecified atom stereocenters. The van der Waals surface area contributed by atoms with Crippen molar-refractivity contribution in [3.05, 3.63) is 52.0 Å². The maximum absolute atomic E-state index is 5.47. The van der Waals surface area contributed by atoms with Gasteiger partial charge in [-0.05, 0) is 53.5 Å². The fourth-order valence-corrected chi connectivity index (χ4v) is 2.62. The summed E-state index contributed by atoms with van der Waals surface area (Å²) in [6.07, 6.45) is 0. The second kappa shape index (κ2) is 6.85. The number of nitrogens with one attached hydrogen (secondary N) is 1. The number of methoxy groups -OCH3 is 2. The number of halogens is 1. The summed E-state index contributed by atoms with van der Waals surface area (Å²) in [5, 5.41) is 3.51. The molecule has 0 saturated heterocycles. The van der Waals surface area contributed by atoms with Gasteiger partial charge in [0.15, 0.2) is 0 Å².